The van der Waals surface area contributed by atoms with Gasteiger partial charge >= 0.3 is 6.01 Å². The Balaban J connectivity index is 0.00000108. The smallest absolute Gasteiger partial charge is 0.301 e. The summed E-state index contributed by atoms with van der Waals surface area (Å²) >= 11 is 0. The van der Waals surface area contributed by atoms with Gasteiger partial charge in [-0.1, -0.05) is 0 Å². The SMILES string of the molecule is Cl.N=c1ccn2c(n1)O[C@@H]1[C@@H](O)[C@H](CO)O[C@@H]12. The van der Waals surface area contributed by atoms with Crippen LogP contribution in [0.2, 0.25) is 0 Å². The number of aromatic nitrogens is 2. The molecule has 1 fully saturated rings. The summed E-state index contributed by atoms with van der Waals surface area (Å²) < 4.78 is 12.5. The van der Waals surface area contributed by atoms with Crippen molar-refractivity contribution in [1.82, 2.24) is 9.55 Å². The number of aliphatic hydroxyl groups excluding tert-OH is 2. The number of ether oxygens (including phenoxy) is 2. The highest BCUT2D eigenvalue weighted by molar-refractivity contribution is 5.85. The lowest BCUT2D eigenvalue weighted by Gasteiger charge is -2.14. The third-order valence-corrected chi connectivity index (χ3v) is 2.84. The molecule has 8 heteroatoms. The molecule has 2 aliphatic rings. The number of aliphatic hydroxyl groups is 2. The van der Waals surface area contributed by atoms with Crippen molar-refractivity contribution in [3.05, 3.63) is 17.8 Å². The fourth-order valence-electron chi connectivity index (χ4n) is 2.04. The van der Waals surface area contributed by atoms with Gasteiger partial charge in [0, 0.05) is 6.20 Å². The van der Waals surface area contributed by atoms with Crippen molar-refractivity contribution in [3.63, 3.8) is 0 Å². The van der Waals surface area contributed by atoms with Crippen molar-refractivity contribution in [2.75, 3.05) is 6.61 Å². The van der Waals surface area contributed by atoms with Gasteiger partial charge in [-0.3, -0.25) is 9.98 Å². The van der Waals surface area contributed by atoms with Gasteiger partial charge in [0.2, 0.25) is 0 Å². The lowest BCUT2D eigenvalue weighted by molar-refractivity contribution is -0.0434. The molecule has 0 aliphatic carbocycles. The van der Waals surface area contributed by atoms with Crippen LogP contribution in [0.5, 0.6) is 6.01 Å². The van der Waals surface area contributed by atoms with Crippen LogP contribution in [0.15, 0.2) is 12.3 Å². The second kappa shape index (κ2) is 4.26. The summed E-state index contributed by atoms with van der Waals surface area (Å²) in [4.78, 5) is 3.88. The van der Waals surface area contributed by atoms with Gasteiger partial charge < -0.3 is 19.7 Å². The van der Waals surface area contributed by atoms with Crippen molar-refractivity contribution in [2.24, 2.45) is 0 Å². The molecule has 3 N–H and O–H groups in total. The number of hydrogen-bond donors (Lipinski definition) is 3. The zero-order chi connectivity index (χ0) is 11.3. The number of hydrogen-bond acceptors (Lipinski definition) is 6. The maximum atomic E-state index is 9.80. The molecule has 0 spiro atoms. The summed E-state index contributed by atoms with van der Waals surface area (Å²) in [7, 11) is 0. The first-order valence-corrected chi connectivity index (χ1v) is 4.95. The molecule has 17 heavy (non-hydrogen) atoms. The Morgan fingerprint density at radius 3 is 3.00 bits per heavy atom. The van der Waals surface area contributed by atoms with Gasteiger partial charge in [-0.25, -0.2) is 0 Å². The second-order valence-electron chi connectivity index (χ2n) is 3.82. The van der Waals surface area contributed by atoms with Crippen molar-refractivity contribution in [2.45, 2.75) is 24.5 Å². The van der Waals surface area contributed by atoms with E-state index in [2.05, 4.69) is 4.98 Å². The van der Waals surface area contributed by atoms with E-state index in [-0.39, 0.29) is 30.5 Å². The zero-order valence-electron chi connectivity index (χ0n) is 8.68. The van der Waals surface area contributed by atoms with Crippen LogP contribution < -0.4 is 10.2 Å². The normalized spacial score (nSPS) is 33.5. The van der Waals surface area contributed by atoms with E-state index in [9.17, 15) is 5.11 Å². The quantitative estimate of drug-likeness (QED) is 0.589. The Labute approximate surface area is 103 Å². The van der Waals surface area contributed by atoms with Crippen LogP contribution in [0.25, 0.3) is 0 Å². The van der Waals surface area contributed by atoms with E-state index >= 15 is 0 Å². The fraction of sp³-hybridized carbons (Fsp3) is 0.556. The second-order valence-corrected chi connectivity index (χ2v) is 3.82. The molecule has 2 aliphatic heterocycles. The number of nitrogens with zero attached hydrogens (tertiary/aromatic N) is 2. The molecule has 94 valence electrons. The number of fused-ring (bicyclic) bond motifs is 3. The first-order chi connectivity index (χ1) is 7.70. The number of nitrogens with one attached hydrogen (secondary N) is 1. The van der Waals surface area contributed by atoms with Gasteiger partial charge in [-0.2, -0.15) is 4.98 Å². The highest BCUT2D eigenvalue weighted by Gasteiger charge is 2.50. The van der Waals surface area contributed by atoms with Gasteiger partial charge in [-0.15, -0.1) is 12.4 Å². The first kappa shape index (κ1) is 12.3. The molecule has 0 unspecified atom stereocenters. The molecule has 1 aromatic heterocycles. The fourth-order valence-corrected chi connectivity index (χ4v) is 2.04. The Bertz CT molecular complexity index is 480. The summed E-state index contributed by atoms with van der Waals surface area (Å²) in [6.07, 6.45) is -0.930. The van der Waals surface area contributed by atoms with Crippen LogP contribution >= 0.6 is 12.4 Å². The maximum Gasteiger partial charge on any atom is 0.301 e. The van der Waals surface area contributed by atoms with Gasteiger partial charge in [0.05, 0.1) is 6.61 Å². The minimum absolute atomic E-state index is 0. The van der Waals surface area contributed by atoms with Crippen molar-refractivity contribution >= 4 is 12.4 Å². The molecular formula is C9H12ClN3O4. The van der Waals surface area contributed by atoms with Crippen LogP contribution in [-0.4, -0.2) is 44.7 Å². The Morgan fingerprint density at radius 1 is 1.53 bits per heavy atom. The van der Waals surface area contributed by atoms with Gasteiger partial charge in [-0.05, 0) is 6.07 Å². The molecule has 1 aromatic rings. The van der Waals surface area contributed by atoms with Crippen LogP contribution in [0, 0.1) is 5.41 Å². The van der Waals surface area contributed by atoms with E-state index in [0.29, 0.717) is 0 Å². The molecular weight excluding hydrogens is 250 g/mol. The number of rotatable bonds is 1. The van der Waals surface area contributed by atoms with Gasteiger partial charge in [0.15, 0.2) is 17.8 Å². The lowest BCUT2D eigenvalue weighted by atomic mass is 10.1. The predicted octanol–water partition coefficient (Wildman–Crippen LogP) is -1.20. The van der Waals surface area contributed by atoms with Crippen LogP contribution in [-0.2, 0) is 4.74 Å². The van der Waals surface area contributed by atoms with Gasteiger partial charge in [0.1, 0.15) is 12.2 Å². The van der Waals surface area contributed by atoms with E-state index in [1.807, 2.05) is 0 Å². The minimum atomic E-state index is -0.883. The third-order valence-electron chi connectivity index (χ3n) is 2.84. The minimum Gasteiger partial charge on any atom is -0.454 e. The molecule has 3 rings (SSSR count). The number of halogens is 1. The summed E-state index contributed by atoms with van der Waals surface area (Å²) in [6, 6.07) is 1.77. The van der Waals surface area contributed by atoms with E-state index in [4.69, 9.17) is 20.0 Å². The topological polar surface area (TPSA) is 101 Å². The molecule has 0 saturated carbocycles. The monoisotopic (exact) mass is 261 g/mol. The maximum absolute atomic E-state index is 9.80. The average molecular weight is 262 g/mol. The van der Waals surface area contributed by atoms with Crippen molar-refractivity contribution in [3.8, 4) is 6.01 Å². The van der Waals surface area contributed by atoms with Crippen LogP contribution in [0.1, 0.15) is 6.23 Å². The summed E-state index contributed by atoms with van der Waals surface area (Å²) in [6.45, 7) is -0.253. The van der Waals surface area contributed by atoms with Crippen molar-refractivity contribution in [1.29, 1.82) is 5.41 Å². The third kappa shape index (κ3) is 1.71. The molecule has 0 radical (unpaired) electrons. The van der Waals surface area contributed by atoms with E-state index < -0.39 is 24.5 Å². The predicted molar refractivity (Wildman–Crippen MR) is 56.7 cm³/mol. The average Bonchev–Trinajstić information content (AvgIpc) is 2.75. The summed E-state index contributed by atoms with van der Waals surface area (Å²) in [5.74, 6) is 0. The highest BCUT2D eigenvalue weighted by atomic mass is 35.5. The summed E-state index contributed by atoms with van der Waals surface area (Å²) in [5, 5.41) is 26.1. The molecule has 7 nitrogen and oxygen atoms in total. The highest BCUT2D eigenvalue weighted by Crippen LogP contribution is 2.38. The Hall–Kier alpha value is -1.15. The Morgan fingerprint density at radius 2 is 2.29 bits per heavy atom. The van der Waals surface area contributed by atoms with Crippen molar-refractivity contribution < 1.29 is 19.7 Å². The molecule has 0 bridgehead atoms. The van der Waals surface area contributed by atoms with E-state index in [0.717, 1.165) is 0 Å². The van der Waals surface area contributed by atoms with E-state index in [1.165, 1.54) is 6.07 Å². The summed E-state index contributed by atoms with van der Waals surface area (Å²) in [5.41, 5.74) is 0.0967. The van der Waals surface area contributed by atoms with Crippen LogP contribution in [0.4, 0.5) is 0 Å². The largest absolute Gasteiger partial charge is 0.454 e. The lowest BCUT2D eigenvalue weighted by Crippen LogP contribution is -2.34. The molecule has 4 atom stereocenters. The Kier molecular flexibility index (Phi) is 3.09. The molecule has 0 aromatic carbocycles. The zero-order valence-corrected chi connectivity index (χ0v) is 9.50. The van der Waals surface area contributed by atoms with Crippen LogP contribution in [0.3, 0.4) is 0 Å². The molecule has 0 amide bonds. The van der Waals surface area contributed by atoms with Gasteiger partial charge in [0.25, 0.3) is 0 Å². The molecule has 3 heterocycles. The van der Waals surface area contributed by atoms with E-state index in [1.54, 1.807) is 10.8 Å². The molecule has 1 saturated heterocycles. The standard InChI is InChI=1S/C9H11N3O4.ClH/c10-5-1-2-12-8-7(16-9(12)11-5)6(14)4(3-13)15-8;/h1-2,4,6-8,10,13-14H,3H2;1H/t4-,6-,7+,8-;/m0./s1. The first-order valence-electron chi connectivity index (χ1n) is 4.95.